The van der Waals surface area contributed by atoms with Crippen molar-refractivity contribution in [1.29, 1.82) is 0 Å². The Balaban J connectivity index is 0.000000423. The molecular weight excluding hydrogens is 198 g/mol. The van der Waals surface area contributed by atoms with Crippen molar-refractivity contribution in [2.75, 3.05) is 5.73 Å². The van der Waals surface area contributed by atoms with Crippen LogP contribution in [0.3, 0.4) is 0 Å². The first kappa shape index (κ1) is 13.0. The second-order valence-corrected chi connectivity index (χ2v) is 2.79. The molecule has 0 atom stereocenters. The summed E-state index contributed by atoms with van der Waals surface area (Å²) in [6.45, 7) is 1.08. The maximum atomic E-state index is 10.3. The van der Waals surface area contributed by atoms with E-state index in [1.54, 1.807) is 24.3 Å². The van der Waals surface area contributed by atoms with Crippen LogP contribution in [0.25, 0.3) is 0 Å². The summed E-state index contributed by atoms with van der Waals surface area (Å²) in [4.78, 5) is 19.3. The molecule has 5 heteroatoms. The number of aliphatic carboxylic acids is 2. The Kier molecular flexibility index (Phi) is 5.55. The summed E-state index contributed by atoms with van der Waals surface area (Å²) in [7, 11) is 0. The molecule has 0 spiro atoms. The fourth-order valence-electron chi connectivity index (χ4n) is 0.858. The summed E-state index contributed by atoms with van der Waals surface area (Å²) in [5.74, 6) is -1.69. The molecule has 5 nitrogen and oxygen atoms in total. The molecule has 0 bridgehead atoms. The maximum absolute atomic E-state index is 10.3. The number of rotatable bonds is 2. The van der Waals surface area contributed by atoms with E-state index >= 15 is 0 Å². The molecule has 82 valence electrons. The van der Waals surface area contributed by atoms with Crippen molar-refractivity contribution in [3.8, 4) is 0 Å². The SMILES string of the molecule is CC(=O)O.Nc1ccccc1CC(=O)O. The van der Waals surface area contributed by atoms with Gasteiger partial charge < -0.3 is 15.9 Å². The zero-order valence-corrected chi connectivity index (χ0v) is 8.30. The molecule has 0 fully saturated rings. The average molecular weight is 211 g/mol. The number of nitrogens with two attached hydrogens (primary N) is 1. The van der Waals surface area contributed by atoms with E-state index in [2.05, 4.69) is 0 Å². The van der Waals surface area contributed by atoms with Gasteiger partial charge in [-0.3, -0.25) is 9.59 Å². The summed E-state index contributed by atoms with van der Waals surface area (Å²) >= 11 is 0. The number of benzene rings is 1. The lowest BCUT2D eigenvalue weighted by atomic mass is 10.1. The van der Waals surface area contributed by atoms with Crippen LogP contribution in [-0.4, -0.2) is 22.2 Å². The fraction of sp³-hybridized carbons (Fsp3) is 0.200. The number of nitrogen functional groups attached to an aromatic ring is 1. The van der Waals surface area contributed by atoms with Crippen LogP contribution in [0.4, 0.5) is 5.69 Å². The van der Waals surface area contributed by atoms with Crippen LogP contribution >= 0.6 is 0 Å². The van der Waals surface area contributed by atoms with Crippen molar-refractivity contribution >= 4 is 17.6 Å². The van der Waals surface area contributed by atoms with E-state index in [1.807, 2.05) is 0 Å². The number of carboxylic acids is 2. The third-order valence-electron chi connectivity index (χ3n) is 1.40. The third-order valence-corrected chi connectivity index (χ3v) is 1.40. The standard InChI is InChI=1S/C8H9NO2.C2H4O2/c9-7-4-2-1-3-6(7)5-8(10)11;1-2(3)4/h1-4H,5,9H2,(H,10,11);1H3,(H,3,4). The van der Waals surface area contributed by atoms with Crippen molar-refractivity contribution < 1.29 is 19.8 Å². The summed E-state index contributed by atoms with van der Waals surface area (Å²) in [6, 6.07) is 6.96. The van der Waals surface area contributed by atoms with Gasteiger partial charge in [0.1, 0.15) is 0 Å². The number of anilines is 1. The molecule has 4 N–H and O–H groups in total. The number of para-hydroxylation sites is 1. The van der Waals surface area contributed by atoms with Gasteiger partial charge in [-0.1, -0.05) is 18.2 Å². The normalized spacial score (nSPS) is 8.60. The predicted molar refractivity (Wildman–Crippen MR) is 55.5 cm³/mol. The molecule has 0 radical (unpaired) electrons. The van der Waals surface area contributed by atoms with Crippen LogP contribution in [0.5, 0.6) is 0 Å². The van der Waals surface area contributed by atoms with E-state index < -0.39 is 11.9 Å². The van der Waals surface area contributed by atoms with Gasteiger partial charge in [0.2, 0.25) is 0 Å². The van der Waals surface area contributed by atoms with E-state index in [1.165, 1.54) is 0 Å². The van der Waals surface area contributed by atoms with Gasteiger partial charge in [-0.2, -0.15) is 0 Å². The Morgan fingerprint density at radius 2 is 1.73 bits per heavy atom. The Morgan fingerprint density at radius 1 is 1.27 bits per heavy atom. The van der Waals surface area contributed by atoms with Crippen LogP contribution in [0.1, 0.15) is 12.5 Å². The van der Waals surface area contributed by atoms with Crippen LogP contribution in [0.2, 0.25) is 0 Å². The highest BCUT2D eigenvalue weighted by atomic mass is 16.4. The molecule has 15 heavy (non-hydrogen) atoms. The van der Waals surface area contributed by atoms with Crippen LogP contribution in [0.15, 0.2) is 24.3 Å². The minimum absolute atomic E-state index is 0.00727. The van der Waals surface area contributed by atoms with Crippen molar-refractivity contribution in [2.45, 2.75) is 13.3 Å². The quantitative estimate of drug-likeness (QED) is 0.633. The van der Waals surface area contributed by atoms with Gasteiger partial charge in [0.15, 0.2) is 0 Å². The molecule has 0 aliphatic heterocycles. The number of hydrogen-bond donors (Lipinski definition) is 3. The van der Waals surface area contributed by atoms with Crippen molar-refractivity contribution in [2.24, 2.45) is 0 Å². The van der Waals surface area contributed by atoms with Gasteiger partial charge in [-0.25, -0.2) is 0 Å². The maximum Gasteiger partial charge on any atom is 0.307 e. The zero-order chi connectivity index (χ0) is 11.8. The summed E-state index contributed by atoms with van der Waals surface area (Å²) in [5.41, 5.74) is 6.71. The Morgan fingerprint density at radius 3 is 2.13 bits per heavy atom. The zero-order valence-electron chi connectivity index (χ0n) is 8.30. The molecule has 0 aromatic heterocycles. The van der Waals surface area contributed by atoms with Gasteiger partial charge in [0.25, 0.3) is 5.97 Å². The molecular formula is C10H13NO4. The molecule has 0 aliphatic rings. The van der Waals surface area contributed by atoms with E-state index in [9.17, 15) is 4.79 Å². The van der Waals surface area contributed by atoms with Gasteiger partial charge in [-0.15, -0.1) is 0 Å². The second-order valence-electron chi connectivity index (χ2n) is 2.79. The number of carboxylic acid groups (broad SMARTS) is 2. The predicted octanol–water partition coefficient (Wildman–Crippen LogP) is 0.987. The van der Waals surface area contributed by atoms with Crippen molar-refractivity contribution in [3.05, 3.63) is 29.8 Å². The first-order chi connectivity index (χ1) is 6.93. The second kappa shape index (κ2) is 6.42. The first-order valence-electron chi connectivity index (χ1n) is 4.18. The molecule has 0 saturated heterocycles. The summed E-state index contributed by atoms with van der Waals surface area (Å²) < 4.78 is 0. The topological polar surface area (TPSA) is 101 Å². The van der Waals surface area contributed by atoms with Crippen molar-refractivity contribution in [3.63, 3.8) is 0 Å². The lowest BCUT2D eigenvalue weighted by Gasteiger charge is -1.99. The van der Waals surface area contributed by atoms with E-state index in [0.717, 1.165) is 6.92 Å². The first-order valence-corrected chi connectivity index (χ1v) is 4.18. The molecule has 0 aliphatic carbocycles. The highest BCUT2D eigenvalue weighted by molar-refractivity contribution is 5.72. The third kappa shape index (κ3) is 7.06. The Hall–Kier alpha value is -2.04. The lowest BCUT2D eigenvalue weighted by Crippen LogP contribution is -2.02. The summed E-state index contributed by atoms with van der Waals surface area (Å²) in [6.07, 6.45) is -0.00727. The highest BCUT2D eigenvalue weighted by Gasteiger charge is 2.01. The number of carbonyl (C=O) groups is 2. The fourth-order valence-corrected chi connectivity index (χ4v) is 0.858. The molecule has 0 saturated carbocycles. The highest BCUT2D eigenvalue weighted by Crippen LogP contribution is 2.10. The van der Waals surface area contributed by atoms with Crippen LogP contribution < -0.4 is 5.73 Å². The minimum atomic E-state index is -0.858. The lowest BCUT2D eigenvalue weighted by molar-refractivity contribution is -0.136. The summed E-state index contributed by atoms with van der Waals surface area (Å²) in [5, 5.41) is 15.9. The minimum Gasteiger partial charge on any atom is -0.481 e. The van der Waals surface area contributed by atoms with Gasteiger partial charge >= 0.3 is 5.97 Å². The molecule has 1 aromatic carbocycles. The molecule has 0 unspecified atom stereocenters. The van der Waals surface area contributed by atoms with Crippen LogP contribution in [-0.2, 0) is 16.0 Å². The van der Waals surface area contributed by atoms with E-state index in [0.29, 0.717) is 11.3 Å². The Labute approximate surface area is 87.1 Å². The van der Waals surface area contributed by atoms with Gasteiger partial charge in [-0.05, 0) is 11.6 Å². The van der Waals surface area contributed by atoms with Crippen LogP contribution in [0, 0.1) is 0 Å². The van der Waals surface area contributed by atoms with Crippen molar-refractivity contribution in [1.82, 2.24) is 0 Å². The largest absolute Gasteiger partial charge is 0.481 e. The molecule has 0 amide bonds. The Bertz CT molecular complexity index is 345. The van der Waals surface area contributed by atoms with Gasteiger partial charge in [0.05, 0.1) is 6.42 Å². The number of hydrogen-bond acceptors (Lipinski definition) is 3. The molecule has 1 rings (SSSR count). The van der Waals surface area contributed by atoms with Gasteiger partial charge in [0, 0.05) is 12.6 Å². The van der Waals surface area contributed by atoms with E-state index in [4.69, 9.17) is 20.7 Å². The average Bonchev–Trinajstić information content (AvgIpc) is 2.07. The molecule has 0 heterocycles. The van der Waals surface area contributed by atoms with E-state index in [-0.39, 0.29) is 6.42 Å². The smallest absolute Gasteiger partial charge is 0.307 e. The molecule has 1 aromatic rings. The monoisotopic (exact) mass is 211 g/mol.